The van der Waals surface area contributed by atoms with Crippen molar-refractivity contribution in [1.82, 2.24) is 10.2 Å². The van der Waals surface area contributed by atoms with Crippen molar-refractivity contribution in [1.29, 1.82) is 0 Å². The van der Waals surface area contributed by atoms with E-state index in [1.54, 1.807) is 0 Å². The molecule has 1 aliphatic heterocycles. The van der Waals surface area contributed by atoms with Gasteiger partial charge >= 0.3 is 0 Å². The number of piperidine rings is 1. The lowest BCUT2D eigenvalue weighted by atomic mass is 10.1. The summed E-state index contributed by atoms with van der Waals surface area (Å²) >= 11 is 3.36. The lowest BCUT2D eigenvalue weighted by Crippen LogP contribution is -2.48. The van der Waals surface area contributed by atoms with Crippen molar-refractivity contribution in [2.24, 2.45) is 0 Å². The van der Waals surface area contributed by atoms with Gasteiger partial charge in [0.25, 0.3) is 5.91 Å². The molecule has 0 spiro atoms. The number of likely N-dealkylation sites (N-methyl/N-ethyl adjacent to an activating group) is 1. The summed E-state index contributed by atoms with van der Waals surface area (Å²) in [6.45, 7) is 1.72. The molecule has 1 heterocycles. The van der Waals surface area contributed by atoms with E-state index in [-0.39, 0.29) is 24.9 Å². The highest BCUT2D eigenvalue weighted by atomic mass is 79.9. The molecule has 0 aliphatic carbocycles. The van der Waals surface area contributed by atoms with E-state index in [2.05, 4.69) is 21.2 Å². The molecule has 4 nitrogen and oxygen atoms in total. The molecule has 0 aromatic heterocycles. The average Bonchev–Trinajstić information content (AvgIpc) is 2.46. The van der Waals surface area contributed by atoms with Crippen LogP contribution in [0.25, 0.3) is 0 Å². The van der Waals surface area contributed by atoms with E-state index in [4.69, 9.17) is 4.74 Å². The van der Waals surface area contributed by atoms with Gasteiger partial charge in [0.15, 0.2) is 6.61 Å². The number of carbonyl (C=O) groups excluding carboxylic acids is 1. The summed E-state index contributed by atoms with van der Waals surface area (Å²) in [5, 5.41) is 3.23. The first-order chi connectivity index (χ1) is 9.19. The van der Waals surface area contributed by atoms with E-state index in [0.29, 0.717) is 6.04 Å². The summed E-state index contributed by atoms with van der Waals surface area (Å²) in [4.78, 5) is 13.9. The van der Waals surface area contributed by atoms with Crippen LogP contribution in [0.4, 0.5) is 0 Å². The molecule has 112 valence electrons. The molecule has 1 aromatic carbocycles. The zero-order valence-corrected chi connectivity index (χ0v) is 13.9. The molecule has 0 saturated carbocycles. The Hall–Kier alpha value is -0.780. The normalized spacial score (nSPS) is 18.3. The number of nitrogens with one attached hydrogen (secondary N) is 1. The molecule has 0 radical (unpaired) electrons. The zero-order chi connectivity index (χ0) is 13.7. The fourth-order valence-electron chi connectivity index (χ4n) is 2.21. The number of likely N-dealkylation sites (tertiary alicyclic amines) is 1. The molecule has 0 bridgehead atoms. The first kappa shape index (κ1) is 17.3. The summed E-state index contributed by atoms with van der Waals surface area (Å²) in [5.41, 5.74) is 0. The molecule has 1 N–H and O–H groups in total. The molecule has 1 fully saturated rings. The predicted molar refractivity (Wildman–Crippen MR) is 85.5 cm³/mol. The molecule has 6 heteroatoms. The molecule has 1 aliphatic rings. The summed E-state index contributed by atoms with van der Waals surface area (Å²) in [7, 11) is 1.94. The van der Waals surface area contributed by atoms with Crippen LogP contribution in [-0.2, 0) is 4.79 Å². The monoisotopic (exact) mass is 362 g/mol. The van der Waals surface area contributed by atoms with E-state index in [9.17, 15) is 4.79 Å². The second-order valence-electron chi connectivity index (χ2n) is 4.71. The van der Waals surface area contributed by atoms with Gasteiger partial charge in [0, 0.05) is 23.6 Å². The van der Waals surface area contributed by atoms with E-state index in [0.717, 1.165) is 36.2 Å². The van der Waals surface area contributed by atoms with Crippen LogP contribution in [-0.4, -0.2) is 43.6 Å². The number of ether oxygens (including phenoxy) is 1. The topological polar surface area (TPSA) is 41.6 Å². The fourth-order valence-corrected chi connectivity index (χ4v) is 2.47. The Balaban J connectivity index is 0.00000200. The third-order valence-electron chi connectivity index (χ3n) is 3.36. The Bertz CT molecular complexity index is 428. The third-order valence-corrected chi connectivity index (χ3v) is 3.89. The largest absolute Gasteiger partial charge is 0.484 e. The Morgan fingerprint density at radius 1 is 1.45 bits per heavy atom. The number of nitrogens with zero attached hydrogens (tertiary/aromatic N) is 1. The van der Waals surface area contributed by atoms with Gasteiger partial charge in [-0.25, -0.2) is 0 Å². The Morgan fingerprint density at radius 3 is 2.80 bits per heavy atom. The van der Waals surface area contributed by atoms with Crippen LogP contribution >= 0.6 is 28.3 Å². The molecule has 20 heavy (non-hydrogen) atoms. The summed E-state index contributed by atoms with van der Waals surface area (Å²) < 4.78 is 6.51. The van der Waals surface area contributed by atoms with Gasteiger partial charge in [-0.15, -0.1) is 12.4 Å². The van der Waals surface area contributed by atoms with Crippen molar-refractivity contribution in [3.05, 3.63) is 28.7 Å². The SMILES string of the molecule is CNC1CCCN(C(=O)COc2ccc(Br)cc2)C1.Cl. The van der Waals surface area contributed by atoms with Crippen LogP contribution in [0.3, 0.4) is 0 Å². The lowest BCUT2D eigenvalue weighted by molar-refractivity contribution is -0.134. The molecule has 1 atom stereocenters. The highest BCUT2D eigenvalue weighted by Crippen LogP contribution is 2.16. The maximum atomic E-state index is 12.1. The van der Waals surface area contributed by atoms with Gasteiger partial charge in [-0.1, -0.05) is 15.9 Å². The van der Waals surface area contributed by atoms with Crippen LogP contribution in [0.15, 0.2) is 28.7 Å². The van der Waals surface area contributed by atoms with Crippen molar-refractivity contribution in [3.63, 3.8) is 0 Å². The van der Waals surface area contributed by atoms with E-state index in [1.165, 1.54) is 0 Å². The molecule has 1 saturated heterocycles. The van der Waals surface area contributed by atoms with Crippen LogP contribution in [0.1, 0.15) is 12.8 Å². The van der Waals surface area contributed by atoms with Crippen LogP contribution in [0, 0.1) is 0 Å². The van der Waals surface area contributed by atoms with Crippen molar-refractivity contribution in [2.45, 2.75) is 18.9 Å². The summed E-state index contributed by atoms with van der Waals surface area (Å²) in [6.07, 6.45) is 2.18. The molecule has 1 amide bonds. The van der Waals surface area contributed by atoms with Gasteiger partial charge in [-0.3, -0.25) is 4.79 Å². The molecule has 1 unspecified atom stereocenters. The maximum absolute atomic E-state index is 12.1. The Kier molecular flexibility index (Phi) is 7.34. The van der Waals surface area contributed by atoms with Crippen LogP contribution in [0.5, 0.6) is 5.75 Å². The average molecular weight is 364 g/mol. The second-order valence-corrected chi connectivity index (χ2v) is 5.63. The zero-order valence-electron chi connectivity index (χ0n) is 11.5. The van der Waals surface area contributed by atoms with Gasteiger partial charge in [0.1, 0.15) is 5.75 Å². The summed E-state index contributed by atoms with van der Waals surface area (Å²) in [6, 6.07) is 7.91. The number of hydrogen-bond acceptors (Lipinski definition) is 3. The molecular formula is C14H20BrClN2O2. The number of hydrogen-bond donors (Lipinski definition) is 1. The molecule has 2 rings (SSSR count). The van der Waals surface area contributed by atoms with Crippen molar-refractivity contribution in [2.75, 3.05) is 26.7 Å². The van der Waals surface area contributed by atoms with E-state index in [1.807, 2.05) is 36.2 Å². The number of rotatable bonds is 4. The smallest absolute Gasteiger partial charge is 0.260 e. The number of amides is 1. The van der Waals surface area contributed by atoms with Gasteiger partial charge in [-0.2, -0.15) is 0 Å². The number of halogens is 2. The summed E-state index contributed by atoms with van der Waals surface area (Å²) in [5.74, 6) is 0.779. The minimum absolute atomic E-state index is 0. The highest BCUT2D eigenvalue weighted by molar-refractivity contribution is 9.10. The fraction of sp³-hybridized carbons (Fsp3) is 0.500. The maximum Gasteiger partial charge on any atom is 0.260 e. The quantitative estimate of drug-likeness (QED) is 0.893. The van der Waals surface area contributed by atoms with E-state index >= 15 is 0 Å². The van der Waals surface area contributed by atoms with Gasteiger partial charge < -0.3 is 15.0 Å². The molecule has 1 aromatic rings. The Labute approximate surface area is 134 Å². The number of benzene rings is 1. The molecular weight excluding hydrogens is 344 g/mol. The van der Waals surface area contributed by atoms with Crippen molar-refractivity contribution < 1.29 is 9.53 Å². The van der Waals surface area contributed by atoms with Gasteiger partial charge in [-0.05, 0) is 44.2 Å². The third kappa shape index (κ3) is 4.96. The lowest BCUT2D eigenvalue weighted by Gasteiger charge is -2.32. The Morgan fingerprint density at radius 2 is 2.15 bits per heavy atom. The van der Waals surface area contributed by atoms with E-state index < -0.39 is 0 Å². The second kappa shape index (κ2) is 8.49. The van der Waals surface area contributed by atoms with Crippen LogP contribution < -0.4 is 10.1 Å². The predicted octanol–water partition coefficient (Wildman–Crippen LogP) is 2.46. The first-order valence-corrected chi connectivity index (χ1v) is 7.32. The van der Waals surface area contributed by atoms with Gasteiger partial charge in [0.2, 0.25) is 0 Å². The highest BCUT2D eigenvalue weighted by Gasteiger charge is 2.22. The minimum Gasteiger partial charge on any atom is -0.484 e. The minimum atomic E-state index is 0. The van der Waals surface area contributed by atoms with Gasteiger partial charge in [0.05, 0.1) is 0 Å². The van der Waals surface area contributed by atoms with Crippen LogP contribution in [0.2, 0.25) is 0 Å². The van der Waals surface area contributed by atoms with Crippen molar-refractivity contribution >= 4 is 34.2 Å². The first-order valence-electron chi connectivity index (χ1n) is 6.52. The standard InChI is InChI=1S/C14H19BrN2O2.ClH/c1-16-12-3-2-8-17(9-12)14(18)10-19-13-6-4-11(15)5-7-13;/h4-7,12,16H,2-3,8-10H2,1H3;1H. The van der Waals surface area contributed by atoms with Crippen molar-refractivity contribution in [3.8, 4) is 5.75 Å². The number of carbonyl (C=O) groups is 1.